The number of alkyl halides is 6. The maximum atomic E-state index is 13.5. The number of rotatable bonds is 13. The van der Waals surface area contributed by atoms with Crippen molar-refractivity contribution in [2.24, 2.45) is 0 Å². The van der Waals surface area contributed by atoms with Gasteiger partial charge in [-0.3, -0.25) is 14.4 Å². The summed E-state index contributed by atoms with van der Waals surface area (Å²) in [5.74, 6) is -0.522. The zero-order chi connectivity index (χ0) is 72.6. The summed E-state index contributed by atoms with van der Waals surface area (Å²) in [6.45, 7) is 11.6. The van der Waals surface area contributed by atoms with Crippen molar-refractivity contribution in [1.82, 2.24) is 49.8 Å². The molecule has 0 saturated carbocycles. The van der Waals surface area contributed by atoms with Crippen molar-refractivity contribution in [1.29, 1.82) is 0 Å². The first-order valence-electron chi connectivity index (χ1n) is 32.1. The normalized spacial score (nSPS) is 17.6. The Kier molecular flexibility index (Phi) is 23.4. The lowest BCUT2D eigenvalue weighted by atomic mass is 10.1. The molecule has 9 heterocycles. The van der Waals surface area contributed by atoms with Crippen LogP contribution in [-0.4, -0.2) is 283 Å². The molecular formula is C63H77F6N17O12S3. The molecule has 0 spiro atoms. The Balaban J connectivity index is 0.000000163. The molecular weight excluding hydrogens is 1400 g/mol. The van der Waals surface area contributed by atoms with E-state index in [0.717, 1.165) is 42.9 Å². The second kappa shape index (κ2) is 31.6. The van der Waals surface area contributed by atoms with E-state index in [1.165, 1.54) is 42.7 Å². The number of sulfone groups is 3. The monoisotopic (exact) mass is 1470 g/mol. The number of carbonyl (C=O) groups is 3. The Labute approximate surface area is 580 Å². The highest BCUT2D eigenvalue weighted by atomic mass is 32.2. The average Bonchev–Trinajstić information content (AvgIpc) is 0.800. The third-order valence-corrected chi connectivity index (χ3v) is 20.7. The van der Waals surface area contributed by atoms with Gasteiger partial charge in [0.1, 0.15) is 6.33 Å². The number of ether oxygens (including phenoxy) is 3. The van der Waals surface area contributed by atoms with Gasteiger partial charge in [0.05, 0.1) is 89.1 Å². The van der Waals surface area contributed by atoms with Crippen LogP contribution in [0.1, 0.15) is 42.6 Å². The predicted molar refractivity (Wildman–Crippen MR) is 360 cm³/mol. The van der Waals surface area contributed by atoms with E-state index in [9.17, 15) is 66.0 Å². The standard InChI is InChI=1S/2C21H24F3N5O4S.C21H29N7O4S/c1-34(31,32)16-2-3-18(28-8-10-33-11-9-28)17(12-16)19(30)29-6-4-27(5-7-29)15-13-25-20(26-14-15)21(22,23)24;1-34(31,32)15-2-3-17(27-10-12-33-13-11-27)16(14-15)20(30)29-8-6-28(7-9-29)19-5-4-18(25-26-19)21(22,23)24;1-25(2)20-22-15-23-21(24-20)28-8-6-27(7-9-28)19(29)17-14-16(33(3,30)31)4-5-18(17)26-10-12-32-13-11-26/h2-3,12-14H,4-11H2,1H3;2-5,14H,6-13H2,1H3;4-5,14-15H,6-13H2,1-3H3. The van der Waals surface area contributed by atoms with Crippen molar-refractivity contribution in [3.63, 3.8) is 0 Å². The van der Waals surface area contributed by atoms with Crippen LogP contribution in [0.25, 0.3) is 0 Å². The summed E-state index contributed by atoms with van der Waals surface area (Å²) in [4.78, 5) is 78.8. The first kappa shape index (κ1) is 74.8. The zero-order valence-electron chi connectivity index (χ0n) is 56.0. The summed E-state index contributed by atoms with van der Waals surface area (Å²) in [5.41, 5.74) is 2.42. The molecule has 3 amide bonds. The van der Waals surface area contributed by atoms with Crippen molar-refractivity contribution in [3.05, 3.63) is 114 Å². The third-order valence-electron chi connectivity index (χ3n) is 17.4. The quantitative estimate of drug-likeness (QED) is 0.149. The van der Waals surface area contributed by atoms with Crippen molar-refractivity contribution in [2.45, 2.75) is 27.0 Å². The van der Waals surface area contributed by atoms with Gasteiger partial charge in [-0.05, 0) is 66.7 Å². The number of anilines is 7. The molecule has 0 atom stereocenters. The minimum absolute atomic E-state index is 0.0616. The van der Waals surface area contributed by atoms with E-state index in [1.807, 2.05) is 33.7 Å². The molecule has 101 heavy (non-hydrogen) atoms. The minimum Gasteiger partial charge on any atom is -0.378 e. The van der Waals surface area contributed by atoms with Gasteiger partial charge >= 0.3 is 12.4 Å². The van der Waals surface area contributed by atoms with Gasteiger partial charge in [0.15, 0.2) is 41.0 Å². The maximum Gasteiger partial charge on any atom is 0.451 e. The molecule has 0 bridgehead atoms. The summed E-state index contributed by atoms with van der Waals surface area (Å²) in [6, 6.07) is 16.1. The molecule has 0 radical (unpaired) electrons. The smallest absolute Gasteiger partial charge is 0.378 e. The largest absolute Gasteiger partial charge is 0.451 e. The van der Waals surface area contributed by atoms with E-state index in [-0.39, 0.29) is 32.4 Å². The van der Waals surface area contributed by atoms with Crippen molar-refractivity contribution >= 4 is 87.7 Å². The SMILES string of the molecule is CN(C)c1ncnc(N2CCN(C(=O)c3cc(S(C)(=O)=O)ccc3N3CCOCC3)CC2)n1.CS(=O)(=O)c1ccc(N2CCOCC2)c(C(=O)N2CCN(c3ccc(C(F)(F)F)nn3)CC2)c1.CS(=O)(=O)c1ccc(N2CCOCC2)c(C(=O)N2CCN(c3cnc(C(F)(F)F)nc3)CC2)c1. The molecule has 6 aliphatic heterocycles. The fraction of sp³-hybridized carbons (Fsp3) is 0.492. The number of halogens is 6. The van der Waals surface area contributed by atoms with E-state index >= 15 is 0 Å². The topological polar surface area (TPSA) is 304 Å². The number of nitrogens with zero attached hydrogens (tertiary/aromatic N) is 17. The minimum atomic E-state index is -4.61. The highest BCUT2D eigenvalue weighted by molar-refractivity contribution is 7.91. The lowest BCUT2D eigenvalue weighted by molar-refractivity contribution is -0.145. The molecule has 6 aliphatic rings. The fourth-order valence-electron chi connectivity index (χ4n) is 11.8. The number of morpholine rings is 3. The number of carbonyl (C=O) groups excluding carboxylic acids is 3. The number of amides is 3. The lowest BCUT2D eigenvalue weighted by Crippen LogP contribution is -2.49. The summed E-state index contributed by atoms with van der Waals surface area (Å²) in [6.07, 6.45) is -2.09. The first-order valence-corrected chi connectivity index (χ1v) is 37.8. The second-order valence-electron chi connectivity index (χ2n) is 24.5. The maximum absolute atomic E-state index is 13.5. The van der Waals surface area contributed by atoms with Crippen LogP contribution in [0, 0.1) is 0 Å². The van der Waals surface area contributed by atoms with Gasteiger partial charge in [-0.2, -0.15) is 31.3 Å². The van der Waals surface area contributed by atoms with Crippen LogP contribution in [0.15, 0.2) is 100 Å². The van der Waals surface area contributed by atoms with Crippen LogP contribution < -0.4 is 34.3 Å². The van der Waals surface area contributed by atoms with E-state index < -0.39 is 53.4 Å². The van der Waals surface area contributed by atoms with Gasteiger partial charge in [0.2, 0.25) is 17.7 Å². The number of benzene rings is 3. The summed E-state index contributed by atoms with van der Waals surface area (Å²) >= 11 is 0. The van der Waals surface area contributed by atoms with Crippen LogP contribution >= 0.6 is 0 Å². The molecule has 6 fully saturated rings. The van der Waals surface area contributed by atoms with Crippen LogP contribution in [-0.2, 0) is 56.1 Å². The van der Waals surface area contributed by atoms with Crippen LogP contribution in [0.4, 0.5) is 66.8 Å². The van der Waals surface area contributed by atoms with Gasteiger partial charge < -0.3 is 63.2 Å². The molecule has 38 heteroatoms. The van der Waals surface area contributed by atoms with Gasteiger partial charge in [-0.1, -0.05) is 0 Å². The zero-order valence-corrected chi connectivity index (χ0v) is 58.5. The molecule has 12 rings (SSSR count). The van der Waals surface area contributed by atoms with E-state index in [2.05, 4.69) is 40.0 Å². The first-order chi connectivity index (χ1) is 47.8. The molecule has 0 unspecified atom stereocenters. The Morgan fingerprint density at radius 2 is 0.792 bits per heavy atom. The average molecular weight is 1470 g/mol. The van der Waals surface area contributed by atoms with E-state index in [4.69, 9.17) is 14.2 Å². The molecule has 0 N–H and O–H groups in total. The van der Waals surface area contributed by atoms with Gasteiger partial charge in [0, 0.05) is 168 Å². The van der Waals surface area contributed by atoms with Crippen molar-refractivity contribution in [3.8, 4) is 0 Å². The summed E-state index contributed by atoms with van der Waals surface area (Å²) < 4.78 is 165. The Bertz CT molecular complexity index is 4080. The molecule has 29 nitrogen and oxygen atoms in total. The number of hydrogen-bond donors (Lipinski definition) is 0. The number of piperazine rings is 3. The van der Waals surface area contributed by atoms with Crippen LogP contribution in [0.5, 0.6) is 0 Å². The van der Waals surface area contributed by atoms with Crippen LogP contribution in [0.3, 0.4) is 0 Å². The van der Waals surface area contributed by atoms with Gasteiger partial charge in [-0.25, -0.2) is 45.2 Å². The Morgan fingerprint density at radius 1 is 0.426 bits per heavy atom. The third kappa shape index (κ3) is 18.8. The van der Waals surface area contributed by atoms with E-state index in [0.29, 0.717) is 209 Å². The molecule has 3 aromatic heterocycles. The van der Waals surface area contributed by atoms with Gasteiger partial charge in [-0.15, -0.1) is 10.2 Å². The number of aromatic nitrogens is 7. The second-order valence-corrected chi connectivity index (χ2v) is 30.6. The van der Waals surface area contributed by atoms with Gasteiger partial charge in [0.25, 0.3) is 17.7 Å². The molecule has 0 aliphatic carbocycles. The fourth-order valence-corrected chi connectivity index (χ4v) is 13.8. The van der Waals surface area contributed by atoms with Crippen LogP contribution in [0.2, 0.25) is 0 Å². The molecule has 3 aromatic carbocycles. The van der Waals surface area contributed by atoms with Crippen molar-refractivity contribution in [2.75, 3.05) is 225 Å². The summed E-state index contributed by atoms with van der Waals surface area (Å²) in [7, 11) is -6.73. The Hall–Kier alpha value is -8.85. The Morgan fingerprint density at radius 3 is 1.12 bits per heavy atom. The lowest BCUT2D eigenvalue weighted by Gasteiger charge is -2.37. The molecule has 6 saturated heterocycles. The molecule has 546 valence electrons. The predicted octanol–water partition coefficient (Wildman–Crippen LogP) is 3.54. The highest BCUT2D eigenvalue weighted by Gasteiger charge is 2.37. The molecule has 6 aromatic rings. The number of hydrogen-bond acceptors (Lipinski definition) is 26. The van der Waals surface area contributed by atoms with Crippen molar-refractivity contribution < 1.29 is 80.2 Å². The van der Waals surface area contributed by atoms with E-state index in [1.54, 1.807) is 48.8 Å². The summed E-state index contributed by atoms with van der Waals surface area (Å²) in [5, 5.41) is 6.93. The highest BCUT2D eigenvalue weighted by Crippen LogP contribution is 2.33.